The van der Waals surface area contributed by atoms with Gasteiger partial charge in [-0.3, -0.25) is 0 Å². The quantitative estimate of drug-likeness (QED) is 0.720. The molecule has 0 fully saturated rings. The fourth-order valence-electron chi connectivity index (χ4n) is 2.67. The Morgan fingerprint density at radius 2 is 1.92 bits per heavy atom. The lowest BCUT2D eigenvalue weighted by Gasteiger charge is -2.12. The predicted molar refractivity (Wildman–Crippen MR) is 99.3 cm³/mol. The van der Waals surface area contributed by atoms with Crippen molar-refractivity contribution < 1.29 is 14.2 Å². The van der Waals surface area contributed by atoms with E-state index in [1.165, 1.54) is 0 Å². The zero-order chi connectivity index (χ0) is 18.1. The lowest BCUT2D eigenvalue weighted by molar-refractivity contribution is 0.174. The molecule has 0 aliphatic carbocycles. The highest BCUT2D eigenvalue weighted by Gasteiger charge is 2.15. The number of hydrogen-bond donors (Lipinski definition) is 2. The summed E-state index contributed by atoms with van der Waals surface area (Å²) in [7, 11) is 1.59. The van der Waals surface area contributed by atoms with E-state index < -0.39 is 0 Å². The largest absolute Gasteiger partial charge is 0.496 e. The summed E-state index contributed by atoms with van der Waals surface area (Å²) in [5.74, 6) is 2.69. The van der Waals surface area contributed by atoms with Crippen molar-refractivity contribution in [1.82, 2.24) is 9.97 Å². The standard InChI is InChI=1S/C18H15ClN4O3/c1-24-14-4-2-10(19)6-12(14)13-8-17(23-18(20)22-13)21-11-3-5-15-16(7-11)26-9-25-15/h2-8H,9H2,1H3,(H3,20,21,22,23). The van der Waals surface area contributed by atoms with Gasteiger partial charge in [-0.25, -0.2) is 4.98 Å². The third-order valence-corrected chi connectivity index (χ3v) is 4.06. The minimum absolute atomic E-state index is 0.132. The molecule has 0 spiro atoms. The molecule has 4 rings (SSSR count). The lowest BCUT2D eigenvalue weighted by Crippen LogP contribution is -2.02. The zero-order valence-electron chi connectivity index (χ0n) is 13.8. The van der Waals surface area contributed by atoms with E-state index in [9.17, 15) is 0 Å². The molecule has 3 N–H and O–H groups in total. The molecule has 0 saturated heterocycles. The fourth-order valence-corrected chi connectivity index (χ4v) is 2.84. The van der Waals surface area contributed by atoms with Crippen molar-refractivity contribution in [3.05, 3.63) is 47.5 Å². The maximum Gasteiger partial charge on any atom is 0.231 e. The van der Waals surface area contributed by atoms with Gasteiger partial charge in [-0.15, -0.1) is 0 Å². The number of anilines is 3. The summed E-state index contributed by atoms with van der Waals surface area (Å²) >= 11 is 6.12. The molecule has 1 aromatic heterocycles. The Morgan fingerprint density at radius 1 is 1.08 bits per heavy atom. The van der Waals surface area contributed by atoms with Crippen LogP contribution in [0.1, 0.15) is 0 Å². The van der Waals surface area contributed by atoms with Crippen molar-refractivity contribution >= 4 is 29.1 Å². The third-order valence-electron chi connectivity index (χ3n) is 3.83. The number of rotatable bonds is 4. The third kappa shape index (κ3) is 3.16. The van der Waals surface area contributed by atoms with Gasteiger partial charge in [0, 0.05) is 28.4 Å². The maximum atomic E-state index is 6.12. The Morgan fingerprint density at radius 3 is 2.77 bits per heavy atom. The van der Waals surface area contributed by atoms with Gasteiger partial charge in [-0.1, -0.05) is 11.6 Å². The number of nitrogens with zero attached hydrogens (tertiary/aromatic N) is 2. The van der Waals surface area contributed by atoms with E-state index in [4.69, 9.17) is 31.5 Å². The summed E-state index contributed by atoms with van der Waals surface area (Å²) < 4.78 is 16.1. The van der Waals surface area contributed by atoms with Gasteiger partial charge in [0.25, 0.3) is 0 Å². The van der Waals surface area contributed by atoms with E-state index >= 15 is 0 Å². The Hall–Kier alpha value is -3.19. The highest BCUT2D eigenvalue weighted by atomic mass is 35.5. The molecule has 2 aromatic carbocycles. The normalized spacial score (nSPS) is 12.1. The van der Waals surface area contributed by atoms with Crippen LogP contribution in [0.5, 0.6) is 17.2 Å². The molecule has 26 heavy (non-hydrogen) atoms. The van der Waals surface area contributed by atoms with Gasteiger partial charge in [0.2, 0.25) is 12.7 Å². The molecular weight excluding hydrogens is 356 g/mol. The van der Waals surface area contributed by atoms with Gasteiger partial charge in [0.15, 0.2) is 11.5 Å². The van der Waals surface area contributed by atoms with E-state index in [-0.39, 0.29) is 12.7 Å². The van der Waals surface area contributed by atoms with E-state index in [0.717, 1.165) is 11.3 Å². The van der Waals surface area contributed by atoms with Gasteiger partial charge in [-0.2, -0.15) is 4.98 Å². The summed E-state index contributed by atoms with van der Waals surface area (Å²) in [6.45, 7) is 0.220. The number of ether oxygens (including phenoxy) is 3. The van der Waals surface area contributed by atoms with Crippen LogP contribution in [-0.2, 0) is 0 Å². The Kier molecular flexibility index (Phi) is 4.14. The number of fused-ring (bicyclic) bond motifs is 1. The first-order valence-electron chi connectivity index (χ1n) is 7.77. The minimum atomic E-state index is 0.132. The molecule has 0 bridgehead atoms. The number of nitrogens with two attached hydrogens (primary N) is 1. The van der Waals surface area contributed by atoms with Crippen LogP contribution in [-0.4, -0.2) is 23.9 Å². The number of methoxy groups -OCH3 is 1. The number of halogens is 1. The highest BCUT2D eigenvalue weighted by molar-refractivity contribution is 6.31. The van der Waals surface area contributed by atoms with Crippen LogP contribution in [0.2, 0.25) is 5.02 Å². The van der Waals surface area contributed by atoms with Crippen molar-refractivity contribution in [2.24, 2.45) is 0 Å². The maximum absolute atomic E-state index is 6.12. The molecule has 0 unspecified atom stereocenters. The second kappa shape index (κ2) is 6.61. The van der Waals surface area contributed by atoms with Crippen LogP contribution in [0, 0.1) is 0 Å². The van der Waals surface area contributed by atoms with Crippen molar-refractivity contribution in [2.75, 3.05) is 25.0 Å². The molecule has 8 heteroatoms. The molecular formula is C18H15ClN4O3. The van der Waals surface area contributed by atoms with Crippen molar-refractivity contribution in [3.63, 3.8) is 0 Å². The van der Waals surface area contributed by atoms with E-state index in [1.54, 1.807) is 31.4 Å². The number of benzene rings is 2. The molecule has 0 radical (unpaired) electrons. The molecule has 132 valence electrons. The summed E-state index contributed by atoms with van der Waals surface area (Å²) in [4.78, 5) is 8.53. The van der Waals surface area contributed by atoms with Gasteiger partial charge in [0.05, 0.1) is 12.8 Å². The highest BCUT2D eigenvalue weighted by Crippen LogP contribution is 2.36. The van der Waals surface area contributed by atoms with Gasteiger partial charge in [-0.05, 0) is 30.3 Å². The smallest absolute Gasteiger partial charge is 0.231 e. The van der Waals surface area contributed by atoms with Crippen LogP contribution < -0.4 is 25.3 Å². The summed E-state index contributed by atoms with van der Waals surface area (Å²) in [5, 5.41) is 3.77. The first-order valence-corrected chi connectivity index (χ1v) is 8.15. The molecule has 0 amide bonds. The molecule has 1 aliphatic rings. The zero-order valence-corrected chi connectivity index (χ0v) is 14.6. The summed E-state index contributed by atoms with van der Waals surface area (Å²) in [5.41, 5.74) is 8.00. The fraction of sp³-hybridized carbons (Fsp3) is 0.111. The number of nitrogen functional groups attached to an aromatic ring is 1. The average molecular weight is 371 g/mol. The van der Waals surface area contributed by atoms with Crippen LogP contribution in [0.4, 0.5) is 17.5 Å². The summed E-state index contributed by atoms with van der Waals surface area (Å²) in [6.07, 6.45) is 0. The van der Waals surface area contributed by atoms with Gasteiger partial charge in [0.1, 0.15) is 11.6 Å². The monoisotopic (exact) mass is 370 g/mol. The first kappa shape index (κ1) is 16.3. The molecule has 2 heterocycles. The average Bonchev–Trinajstić information content (AvgIpc) is 3.09. The van der Waals surface area contributed by atoms with Crippen molar-refractivity contribution in [1.29, 1.82) is 0 Å². The van der Waals surface area contributed by atoms with Crippen molar-refractivity contribution in [3.8, 4) is 28.5 Å². The van der Waals surface area contributed by atoms with E-state index in [1.807, 2.05) is 18.2 Å². The van der Waals surface area contributed by atoms with E-state index in [0.29, 0.717) is 33.8 Å². The van der Waals surface area contributed by atoms with Crippen LogP contribution in [0.25, 0.3) is 11.3 Å². The summed E-state index contributed by atoms with van der Waals surface area (Å²) in [6, 6.07) is 12.6. The van der Waals surface area contributed by atoms with Crippen LogP contribution >= 0.6 is 11.6 Å². The van der Waals surface area contributed by atoms with Crippen molar-refractivity contribution in [2.45, 2.75) is 0 Å². The second-order valence-electron chi connectivity index (χ2n) is 5.53. The predicted octanol–water partition coefficient (Wildman–Crippen LogP) is 3.86. The number of aromatic nitrogens is 2. The molecule has 3 aromatic rings. The Labute approximate surface area is 154 Å². The molecule has 0 saturated carbocycles. The molecule has 0 atom stereocenters. The van der Waals surface area contributed by atoms with Gasteiger partial charge >= 0.3 is 0 Å². The van der Waals surface area contributed by atoms with Gasteiger partial charge < -0.3 is 25.3 Å². The Bertz CT molecular complexity index is 981. The number of nitrogens with one attached hydrogen (secondary N) is 1. The first-order chi connectivity index (χ1) is 12.6. The van der Waals surface area contributed by atoms with Crippen LogP contribution in [0.3, 0.4) is 0 Å². The van der Waals surface area contributed by atoms with E-state index in [2.05, 4.69) is 15.3 Å². The molecule has 1 aliphatic heterocycles. The Balaban J connectivity index is 1.70. The minimum Gasteiger partial charge on any atom is -0.496 e. The topological polar surface area (TPSA) is 91.5 Å². The van der Waals surface area contributed by atoms with Crippen LogP contribution in [0.15, 0.2) is 42.5 Å². The molecule has 7 nitrogen and oxygen atoms in total. The number of hydrogen-bond acceptors (Lipinski definition) is 7. The SMILES string of the molecule is COc1ccc(Cl)cc1-c1cc(Nc2ccc3c(c2)OCO3)nc(N)n1. The lowest BCUT2D eigenvalue weighted by atomic mass is 10.1. The second-order valence-corrected chi connectivity index (χ2v) is 5.97.